The number of hydrogen-bond acceptors (Lipinski definition) is 3. The Labute approximate surface area is 115 Å². The maximum atomic E-state index is 6.06. The molecule has 3 nitrogen and oxygen atoms in total. The molecule has 1 fully saturated rings. The first-order valence-electron chi connectivity index (χ1n) is 7.14. The molecule has 1 N–H and O–H groups in total. The van der Waals surface area contributed by atoms with Gasteiger partial charge >= 0.3 is 0 Å². The molecule has 0 spiro atoms. The van der Waals surface area contributed by atoms with E-state index in [1.54, 1.807) is 7.11 Å². The molecule has 19 heavy (non-hydrogen) atoms. The van der Waals surface area contributed by atoms with Gasteiger partial charge in [0.15, 0.2) is 0 Å². The number of para-hydroxylation sites is 1. The molecule has 1 heterocycles. The maximum absolute atomic E-state index is 6.06. The first kappa shape index (κ1) is 12.9. The Kier molecular flexibility index (Phi) is 3.27. The van der Waals surface area contributed by atoms with Gasteiger partial charge in [-0.3, -0.25) is 0 Å². The van der Waals surface area contributed by atoms with E-state index in [4.69, 9.17) is 9.47 Å². The Bertz CT molecular complexity index is 452. The Morgan fingerprint density at radius 3 is 2.74 bits per heavy atom. The highest BCUT2D eigenvalue weighted by molar-refractivity contribution is 5.38. The van der Waals surface area contributed by atoms with Crippen LogP contribution in [-0.2, 0) is 4.74 Å². The minimum atomic E-state index is -0.101. The molecule has 104 valence electrons. The highest BCUT2D eigenvalue weighted by atomic mass is 16.5. The summed E-state index contributed by atoms with van der Waals surface area (Å²) in [7, 11) is 1.80. The highest BCUT2D eigenvalue weighted by Crippen LogP contribution is 2.40. The second-order valence-corrected chi connectivity index (χ2v) is 6.35. The Hall–Kier alpha value is -1.06. The van der Waals surface area contributed by atoms with Crippen LogP contribution >= 0.6 is 0 Å². The van der Waals surface area contributed by atoms with Crippen LogP contribution in [0.5, 0.6) is 5.75 Å². The first-order valence-corrected chi connectivity index (χ1v) is 7.14. The van der Waals surface area contributed by atoms with Crippen LogP contribution in [0.1, 0.15) is 44.7 Å². The van der Waals surface area contributed by atoms with Crippen molar-refractivity contribution in [3.05, 3.63) is 29.8 Å². The van der Waals surface area contributed by atoms with Gasteiger partial charge < -0.3 is 14.8 Å². The fourth-order valence-corrected chi connectivity index (χ4v) is 3.13. The molecule has 3 rings (SSSR count). The van der Waals surface area contributed by atoms with Crippen molar-refractivity contribution in [2.24, 2.45) is 0 Å². The second kappa shape index (κ2) is 4.80. The molecule has 3 heteroatoms. The molecular formula is C16H23NO2. The van der Waals surface area contributed by atoms with Crippen molar-refractivity contribution < 1.29 is 9.47 Å². The smallest absolute Gasteiger partial charge is 0.124 e. The first-order chi connectivity index (χ1) is 9.07. The van der Waals surface area contributed by atoms with Crippen LogP contribution in [0.4, 0.5) is 0 Å². The van der Waals surface area contributed by atoms with Crippen molar-refractivity contribution in [1.82, 2.24) is 5.32 Å². The van der Waals surface area contributed by atoms with Crippen LogP contribution in [-0.4, -0.2) is 24.9 Å². The monoisotopic (exact) mass is 261 g/mol. The lowest BCUT2D eigenvalue weighted by Crippen LogP contribution is -2.49. The largest absolute Gasteiger partial charge is 0.487 e. The lowest BCUT2D eigenvalue weighted by atomic mass is 9.84. The van der Waals surface area contributed by atoms with Gasteiger partial charge in [0.25, 0.3) is 0 Å². The van der Waals surface area contributed by atoms with Gasteiger partial charge in [-0.15, -0.1) is 0 Å². The average Bonchev–Trinajstić information content (AvgIpc) is 2.31. The average molecular weight is 261 g/mol. The van der Waals surface area contributed by atoms with Gasteiger partial charge in [0.1, 0.15) is 11.4 Å². The molecule has 1 aliphatic heterocycles. The molecule has 0 aromatic heterocycles. The van der Waals surface area contributed by atoms with Crippen molar-refractivity contribution in [2.75, 3.05) is 7.11 Å². The summed E-state index contributed by atoms with van der Waals surface area (Å²) in [5, 5.41) is 3.77. The number of methoxy groups -OCH3 is 1. The van der Waals surface area contributed by atoms with Crippen molar-refractivity contribution in [3.63, 3.8) is 0 Å². The number of nitrogens with one attached hydrogen (secondary N) is 1. The minimum absolute atomic E-state index is 0.101. The van der Waals surface area contributed by atoms with Gasteiger partial charge in [0.2, 0.25) is 0 Å². The number of benzene rings is 1. The summed E-state index contributed by atoms with van der Waals surface area (Å²) in [5.74, 6) is 1.03. The third-order valence-electron chi connectivity index (χ3n) is 4.24. The van der Waals surface area contributed by atoms with E-state index in [-0.39, 0.29) is 5.60 Å². The summed E-state index contributed by atoms with van der Waals surface area (Å²) in [6.07, 6.45) is 3.70. The highest BCUT2D eigenvalue weighted by Gasteiger charge is 2.37. The SMILES string of the molecule is COC1CC(NC2CC(C)(C)Oc3ccccc32)C1. The van der Waals surface area contributed by atoms with Gasteiger partial charge in [-0.2, -0.15) is 0 Å². The van der Waals surface area contributed by atoms with Crippen LogP contribution in [0.3, 0.4) is 0 Å². The van der Waals surface area contributed by atoms with E-state index in [0.717, 1.165) is 25.0 Å². The number of ether oxygens (including phenoxy) is 2. The van der Waals surface area contributed by atoms with Gasteiger partial charge in [0.05, 0.1) is 6.10 Å². The zero-order valence-corrected chi connectivity index (χ0v) is 12.0. The van der Waals surface area contributed by atoms with Crippen molar-refractivity contribution in [1.29, 1.82) is 0 Å². The van der Waals surface area contributed by atoms with Crippen LogP contribution in [0, 0.1) is 0 Å². The van der Waals surface area contributed by atoms with Crippen molar-refractivity contribution in [3.8, 4) is 5.75 Å². The van der Waals surface area contributed by atoms with E-state index in [2.05, 4.69) is 37.4 Å². The molecule has 1 atom stereocenters. The van der Waals surface area contributed by atoms with Crippen molar-refractivity contribution in [2.45, 2.75) is 56.9 Å². The third-order valence-corrected chi connectivity index (χ3v) is 4.24. The predicted octanol–water partition coefficient (Wildman–Crippen LogP) is 3.06. The van der Waals surface area contributed by atoms with E-state index in [0.29, 0.717) is 18.2 Å². The molecule has 0 radical (unpaired) electrons. The van der Waals surface area contributed by atoms with E-state index in [1.807, 2.05) is 6.07 Å². The summed E-state index contributed by atoms with van der Waals surface area (Å²) < 4.78 is 11.4. The van der Waals surface area contributed by atoms with Gasteiger partial charge in [-0.25, -0.2) is 0 Å². The van der Waals surface area contributed by atoms with E-state index in [1.165, 1.54) is 5.56 Å². The molecule has 0 saturated heterocycles. The van der Waals surface area contributed by atoms with E-state index < -0.39 is 0 Å². The molecule has 0 bridgehead atoms. The van der Waals surface area contributed by atoms with Crippen LogP contribution < -0.4 is 10.1 Å². The van der Waals surface area contributed by atoms with Crippen LogP contribution in [0.15, 0.2) is 24.3 Å². The zero-order valence-electron chi connectivity index (χ0n) is 12.0. The Morgan fingerprint density at radius 1 is 1.26 bits per heavy atom. The Balaban J connectivity index is 1.74. The molecule has 1 saturated carbocycles. The van der Waals surface area contributed by atoms with E-state index in [9.17, 15) is 0 Å². The Morgan fingerprint density at radius 2 is 2.00 bits per heavy atom. The molecule has 1 aromatic rings. The fraction of sp³-hybridized carbons (Fsp3) is 0.625. The standard InChI is InChI=1S/C16H23NO2/c1-16(2)10-14(17-11-8-12(9-11)18-3)13-6-4-5-7-15(13)19-16/h4-7,11-12,14,17H,8-10H2,1-3H3. The third kappa shape index (κ3) is 2.63. The molecular weight excluding hydrogens is 238 g/mol. The summed E-state index contributed by atoms with van der Waals surface area (Å²) in [5.41, 5.74) is 1.19. The lowest BCUT2D eigenvalue weighted by molar-refractivity contribution is 0.00530. The normalized spacial score (nSPS) is 32.1. The van der Waals surface area contributed by atoms with E-state index >= 15 is 0 Å². The number of fused-ring (bicyclic) bond motifs is 1. The summed E-state index contributed by atoms with van der Waals surface area (Å²) >= 11 is 0. The summed E-state index contributed by atoms with van der Waals surface area (Å²) in [4.78, 5) is 0. The molecule has 1 aromatic carbocycles. The molecule has 0 amide bonds. The number of rotatable bonds is 3. The molecule has 1 aliphatic carbocycles. The summed E-state index contributed by atoms with van der Waals surface area (Å²) in [6, 6.07) is 9.35. The lowest BCUT2D eigenvalue weighted by Gasteiger charge is -2.42. The van der Waals surface area contributed by atoms with Gasteiger partial charge in [-0.05, 0) is 32.8 Å². The zero-order chi connectivity index (χ0) is 13.5. The van der Waals surface area contributed by atoms with Gasteiger partial charge in [0, 0.05) is 31.2 Å². The van der Waals surface area contributed by atoms with Crippen molar-refractivity contribution >= 4 is 0 Å². The number of hydrogen-bond donors (Lipinski definition) is 1. The topological polar surface area (TPSA) is 30.5 Å². The quantitative estimate of drug-likeness (QED) is 0.907. The molecule has 2 aliphatic rings. The maximum Gasteiger partial charge on any atom is 0.124 e. The summed E-state index contributed by atoms with van der Waals surface area (Å²) in [6.45, 7) is 4.33. The minimum Gasteiger partial charge on any atom is -0.487 e. The van der Waals surface area contributed by atoms with Crippen LogP contribution in [0.25, 0.3) is 0 Å². The predicted molar refractivity (Wildman–Crippen MR) is 75.5 cm³/mol. The van der Waals surface area contributed by atoms with Gasteiger partial charge in [-0.1, -0.05) is 18.2 Å². The van der Waals surface area contributed by atoms with Crippen LogP contribution in [0.2, 0.25) is 0 Å². The molecule has 1 unspecified atom stereocenters. The fourth-order valence-electron chi connectivity index (χ4n) is 3.13. The second-order valence-electron chi connectivity index (χ2n) is 6.35.